The highest BCUT2D eigenvalue weighted by Crippen LogP contribution is 2.44. The van der Waals surface area contributed by atoms with Crippen molar-refractivity contribution >= 4 is 9.84 Å². The summed E-state index contributed by atoms with van der Waals surface area (Å²) in [5.74, 6) is 0.777. The lowest BCUT2D eigenvalue weighted by molar-refractivity contribution is 0.202. The lowest BCUT2D eigenvalue weighted by Gasteiger charge is -2.39. The van der Waals surface area contributed by atoms with Crippen LogP contribution in [0.2, 0.25) is 0 Å². The van der Waals surface area contributed by atoms with Gasteiger partial charge < -0.3 is 4.90 Å². The minimum Gasteiger partial charge on any atom is -0.306 e. The van der Waals surface area contributed by atoms with Crippen molar-refractivity contribution in [1.29, 1.82) is 0 Å². The first kappa shape index (κ1) is 10.4. The van der Waals surface area contributed by atoms with E-state index in [0.29, 0.717) is 11.7 Å². The molecule has 1 spiro atoms. The predicted octanol–water partition coefficient (Wildman–Crippen LogP) is 0.905. The second kappa shape index (κ2) is 3.20. The molecule has 0 aromatic carbocycles. The summed E-state index contributed by atoms with van der Waals surface area (Å²) in [4.78, 5) is 2.23. The first-order valence-corrected chi connectivity index (χ1v) is 7.04. The van der Waals surface area contributed by atoms with Gasteiger partial charge in [-0.2, -0.15) is 0 Å². The average molecular weight is 217 g/mol. The molecule has 0 saturated carbocycles. The van der Waals surface area contributed by atoms with Crippen molar-refractivity contribution in [1.82, 2.24) is 4.90 Å². The van der Waals surface area contributed by atoms with Crippen molar-refractivity contribution in [2.75, 3.05) is 25.9 Å². The van der Waals surface area contributed by atoms with Gasteiger partial charge in [-0.3, -0.25) is 0 Å². The molecule has 0 N–H and O–H groups in total. The molecule has 0 amide bonds. The van der Waals surface area contributed by atoms with E-state index >= 15 is 0 Å². The van der Waals surface area contributed by atoms with Crippen LogP contribution in [0.1, 0.15) is 26.2 Å². The van der Waals surface area contributed by atoms with E-state index in [1.165, 1.54) is 0 Å². The van der Waals surface area contributed by atoms with Crippen molar-refractivity contribution in [3.05, 3.63) is 0 Å². The Labute approximate surface area is 86.4 Å². The third-order valence-corrected chi connectivity index (χ3v) is 6.99. The average Bonchev–Trinajstić information content (AvgIpc) is 2.35. The Morgan fingerprint density at radius 1 is 1.29 bits per heavy atom. The second-order valence-electron chi connectivity index (χ2n) is 4.88. The quantitative estimate of drug-likeness (QED) is 0.605. The molecule has 2 aliphatic rings. The van der Waals surface area contributed by atoms with Gasteiger partial charge >= 0.3 is 0 Å². The normalized spacial score (nSPS) is 36.3. The predicted molar refractivity (Wildman–Crippen MR) is 57.0 cm³/mol. The van der Waals surface area contributed by atoms with E-state index in [1.54, 1.807) is 0 Å². The van der Waals surface area contributed by atoms with Crippen LogP contribution in [0.15, 0.2) is 0 Å². The number of hydrogen-bond acceptors (Lipinski definition) is 3. The van der Waals surface area contributed by atoms with E-state index in [1.807, 2.05) is 0 Å². The number of piperidine rings is 1. The van der Waals surface area contributed by atoms with Gasteiger partial charge in [-0.05, 0) is 45.3 Å². The summed E-state index contributed by atoms with van der Waals surface area (Å²) in [5, 5.41) is 0. The number of nitrogens with zero attached hydrogens (tertiary/aromatic N) is 1. The summed E-state index contributed by atoms with van der Waals surface area (Å²) in [6, 6.07) is 0. The molecular weight excluding hydrogens is 198 g/mol. The SMILES string of the molecule is CC1CCS(=O)(=O)C12CCN(C)CC2. The van der Waals surface area contributed by atoms with E-state index in [9.17, 15) is 8.42 Å². The minimum absolute atomic E-state index is 0.362. The molecule has 14 heavy (non-hydrogen) atoms. The maximum absolute atomic E-state index is 12.0. The number of rotatable bonds is 0. The van der Waals surface area contributed by atoms with E-state index in [4.69, 9.17) is 0 Å². The Balaban J connectivity index is 2.29. The van der Waals surface area contributed by atoms with Gasteiger partial charge in [0.1, 0.15) is 0 Å². The maximum Gasteiger partial charge on any atom is 0.156 e. The Morgan fingerprint density at radius 2 is 1.86 bits per heavy atom. The zero-order chi connectivity index (χ0) is 10.4. The van der Waals surface area contributed by atoms with Crippen molar-refractivity contribution in [3.8, 4) is 0 Å². The molecule has 2 aliphatic heterocycles. The van der Waals surface area contributed by atoms with Crippen LogP contribution in [0, 0.1) is 5.92 Å². The molecular formula is C10H19NO2S. The molecule has 82 valence electrons. The molecule has 2 fully saturated rings. The van der Waals surface area contributed by atoms with Gasteiger partial charge in [0.05, 0.1) is 10.5 Å². The van der Waals surface area contributed by atoms with Gasteiger partial charge in [0.15, 0.2) is 9.84 Å². The molecule has 2 rings (SSSR count). The lowest BCUT2D eigenvalue weighted by Crippen LogP contribution is -2.48. The molecule has 0 radical (unpaired) electrons. The van der Waals surface area contributed by atoms with Gasteiger partial charge in [-0.25, -0.2) is 8.42 Å². The molecule has 4 heteroatoms. The number of sulfone groups is 1. The summed E-state index contributed by atoms with van der Waals surface area (Å²) in [6.07, 6.45) is 2.55. The van der Waals surface area contributed by atoms with Crippen molar-refractivity contribution in [3.63, 3.8) is 0 Å². The van der Waals surface area contributed by atoms with E-state index in [0.717, 1.165) is 32.4 Å². The highest BCUT2D eigenvalue weighted by molar-refractivity contribution is 7.93. The number of likely N-dealkylation sites (tertiary alicyclic amines) is 1. The molecule has 0 aromatic rings. The Bertz CT molecular complexity index is 315. The van der Waals surface area contributed by atoms with Crippen LogP contribution in [-0.2, 0) is 9.84 Å². The summed E-state index contributed by atoms with van der Waals surface area (Å²) in [5.41, 5.74) is 0. The van der Waals surface area contributed by atoms with Gasteiger partial charge in [0.25, 0.3) is 0 Å². The molecule has 1 unspecified atom stereocenters. The molecule has 1 atom stereocenters. The summed E-state index contributed by atoms with van der Waals surface area (Å²) < 4.78 is 23.7. The second-order valence-corrected chi connectivity index (χ2v) is 7.33. The van der Waals surface area contributed by atoms with Crippen molar-refractivity contribution < 1.29 is 8.42 Å². The molecule has 0 bridgehead atoms. The standard InChI is InChI=1S/C10H19NO2S/c1-9-3-8-14(12,13)10(9)4-6-11(2)7-5-10/h9H,3-8H2,1-2H3. The van der Waals surface area contributed by atoms with Crippen molar-refractivity contribution in [2.24, 2.45) is 5.92 Å². The first-order valence-electron chi connectivity index (χ1n) is 5.39. The molecule has 2 heterocycles. The van der Waals surface area contributed by atoms with Crippen LogP contribution in [-0.4, -0.2) is 44.0 Å². The fraction of sp³-hybridized carbons (Fsp3) is 1.00. The van der Waals surface area contributed by atoms with Crippen LogP contribution in [0.4, 0.5) is 0 Å². The van der Waals surface area contributed by atoms with Crippen LogP contribution < -0.4 is 0 Å². The minimum atomic E-state index is -2.81. The fourth-order valence-electron chi connectivity index (χ4n) is 2.91. The third-order valence-electron chi connectivity index (χ3n) is 4.17. The van der Waals surface area contributed by atoms with Gasteiger partial charge in [0.2, 0.25) is 0 Å². The van der Waals surface area contributed by atoms with Crippen LogP contribution in [0.5, 0.6) is 0 Å². The van der Waals surface area contributed by atoms with Gasteiger partial charge in [-0.1, -0.05) is 6.92 Å². The molecule has 2 saturated heterocycles. The maximum atomic E-state index is 12.0. The van der Waals surface area contributed by atoms with E-state index in [2.05, 4.69) is 18.9 Å². The van der Waals surface area contributed by atoms with E-state index in [-0.39, 0.29) is 4.75 Å². The van der Waals surface area contributed by atoms with Crippen molar-refractivity contribution in [2.45, 2.75) is 30.9 Å². The van der Waals surface area contributed by atoms with Gasteiger partial charge in [0, 0.05) is 0 Å². The largest absolute Gasteiger partial charge is 0.306 e. The Morgan fingerprint density at radius 3 is 2.29 bits per heavy atom. The summed E-state index contributed by atoms with van der Waals surface area (Å²) in [6.45, 7) is 3.98. The molecule has 3 nitrogen and oxygen atoms in total. The highest BCUT2D eigenvalue weighted by Gasteiger charge is 2.53. The third kappa shape index (κ3) is 1.31. The zero-order valence-electron chi connectivity index (χ0n) is 8.99. The highest BCUT2D eigenvalue weighted by atomic mass is 32.2. The topological polar surface area (TPSA) is 37.4 Å². The fourth-order valence-corrected chi connectivity index (χ4v) is 5.51. The zero-order valence-corrected chi connectivity index (χ0v) is 9.81. The van der Waals surface area contributed by atoms with Crippen LogP contribution in [0.3, 0.4) is 0 Å². The Kier molecular flexibility index (Phi) is 2.39. The first-order chi connectivity index (χ1) is 6.48. The summed E-state index contributed by atoms with van der Waals surface area (Å²) >= 11 is 0. The van der Waals surface area contributed by atoms with Gasteiger partial charge in [-0.15, -0.1) is 0 Å². The van der Waals surface area contributed by atoms with Crippen LogP contribution >= 0.6 is 0 Å². The smallest absolute Gasteiger partial charge is 0.156 e. The number of hydrogen-bond donors (Lipinski definition) is 0. The monoisotopic (exact) mass is 217 g/mol. The van der Waals surface area contributed by atoms with Crippen LogP contribution in [0.25, 0.3) is 0 Å². The molecule has 0 aliphatic carbocycles. The van der Waals surface area contributed by atoms with E-state index < -0.39 is 9.84 Å². The lowest BCUT2D eigenvalue weighted by atomic mass is 9.83. The Hall–Kier alpha value is -0.0900. The molecule has 0 aromatic heterocycles. The summed E-state index contributed by atoms with van der Waals surface area (Å²) in [7, 11) is -0.740.